The van der Waals surface area contributed by atoms with Gasteiger partial charge in [0, 0.05) is 0 Å². The van der Waals surface area contributed by atoms with E-state index >= 15 is 0 Å². The standard InChI is InChI=1S/C7H14F3NO/c1-2-3-4-6(11,5-12)7(8,9)10/h12H,2-5,11H2,1H3/t6-/m1/s1. The summed E-state index contributed by atoms with van der Waals surface area (Å²) >= 11 is 0. The Hall–Kier alpha value is -0.290. The van der Waals surface area contributed by atoms with Gasteiger partial charge in [-0.15, -0.1) is 0 Å². The quantitative estimate of drug-likeness (QED) is 0.696. The molecule has 3 N–H and O–H groups in total. The van der Waals surface area contributed by atoms with Crippen molar-refractivity contribution in [1.29, 1.82) is 0 Å². The molecule has 0 heterocycles. The lowest BCUT2D eigenvalue weighted by Gasteiger charge is -2.29. The molecular formula is C7H14F3NO. The molecule has 1 atom stereocenters. The zero-order chi connectivity index (χ0) is 9.83. The van der Waals surface area contributed by atoms with Gasteiger partial charge in [-0.3, -0.25) is 0 Å². The van der Waals surface area contributed by atoms with Gasteiger partial charge in [-0.05, 0) is 6.42 Å². The molecule has 0 aromatic carbocycles. The van der Waals surface area contributed by atoms with Gasteiger partial charge in [0.25, 0.3) is 0 Å². The number of nitrogens with two attached hydrogens (primary N) is 1. The van der Waals surface area contributed by atoms with E-state index in [4.69, 9.17) is 10.8 Å². The second-order valence-corrected chi connectivity index (χ2v) is 2.92. The first-order valence-electron chi connectivity index (χ1n) is 3.84. The molecule has 0 rings (SSSR count). The lowest BCUT2D eigenvalue weighted by atomic mass is 9.94. The Morgan fingerprint density at radius 3 is 2.08 bits per heavy atom. The van der Waals surface area contributed by atoms with Gasteiger partial charge in [0.15, 0.2) is 0 Å². The average Bonchev–Trinajstić information content (AvgIpc) is 1.98. The van der Waals surface area contributed by atoms with Crippen LogP contribution in [0.1, 0.15) is 26.2 Å². The molecule has 0 fully saturated rings. The number of hydrogen-bond donors (Lipinski definition) is 2. The number of aliphatic hydroxyl groups excluding tert-OH is 1. The summed E-state index contributed by atoms with van der Waals surface area (Å²) in [6, 6.07) is 0. The Morgan fingerprint density at radius 2 is 1.83 bits per heavy atom. The number of alkyl halides is 3. The van der Waals surface area contributed by atoms with Gasteiger partial charge < -0.3 is 10.8 Å². The summed E-state index contributed by atoms with van der Waals surface area (Å²) in [5, 5.41) is 8.50. The highest BCUT2D eigenvalue weighted by Crippen LogP contribution is 2.31. The second-order valence-electron chi connectivity index (χ2n) is 2.92. The molecule has 5 heteroatoms. The predicted octanol–water partition coefficient (Wildman–Crippen LogP) is 1.43. The van der Waals surface area contributed by atoms with E-state index in [0.29, 0.717) is 12.8 Å². The van der Waals surface area contributed by atoms with E-state index < -0.39 is 18.3 Å². The van der Waals surface area contributed by atoms with E-state index in [9.17, 15) is 13.2 Å². The molecule has 12 heavy (non-hydrogen) atoms. The van der Waals surface area contributed by atoms with Crippen LogP contribution in [0.15, 0.2) is 0 Å². The molecule has 0 aromatic rings. The number of hydrogen-bond acceptors (Lipinski definition) is 2. The van der Waals surface area contributed by atoms with Crippen molar-refractivity contribution in [3.05, 3.63) is 0 Å². The van der Waals surface area contributed by atoms with E-state index in [0.717, 1.165) is 0 Å². The SMILES string of the molecule is CCCC[C@@](N)(CO)C(F)(F)F. The van der Waals surface area contributed by atoms with Gasteiger partial charge in [0.1, 0.15) is 5.54 Å². The van der Waals surface area contributed by atoms with Crippen LogP contribution >= 0.6 is 0 Å². The molecule has 0 aliphatic heterocycles. The number of rotatable bonds is 4. The summed E-state index contributed by atoms with van der Waals surface area (Å²) in [7, 11) is 0. The number of unbranched alkanes of at least 4 members (excludes halogenated alkanes) is 1. The molecule has 0 unspecified atom stereocenters. The van der Waals surface area contributed by atoms with E-state index in [2.05, 4.69) is 0 Å². The van der Waals surface area contributed by atoms with Crippen LogP contribution < -0.4 is 5.73 Å². The minimum atomic E-state index is -4.52. The van der Waals surface area contributed by atoms with Gasteiger partial charge in [-0.1, -0.05) is 19.8 Å². The number of halogens is 3. The highest BCUT2D eigenvalue weighted by molar-refractivity contribution is 4.90. The number of aliphatic hydroxyl groups is 1. The topological polar surface area (TPSA) is 46.2 Å². The van der Waals surface area contributed by atoms with Crippen molar-refractivity contribution in [2.75, 3.05) is 6.61 Å². The van der Waals surface area contributed by atoms with Crippen LogP contribution in [0.3, 0.4) is 0 Å². The monoisotopic (exact) mass is 185 g/mol. The molecule has 0 aromatic heterocycles. The maximum atomic E-state index is 12.1. The molecule has 0 saturated heterocycles. The van der Waals surface area contributed by atoms with Crippen molar-refractivity contribution >= 4 is 0 Å². The first-order valence-corrected chi connectivity index (χ1v) is 3.84. The van der Waals surface area contributed by atoms with Crippen molar-refractivity contribution in [2.45, 2.75) is 37.9 Å². The molecule has 0 aliphatic rings. The minimum Gasteiger partial charge on any atom is -0.394 e. The van der Waals surface area contributed by atoms with E-state index in [1.54, 1.807) is 6.92 Å². The summed E-state index contributed by atoms with van der Waals surface area (Å²) in [5.41, 5.74) is 2.57. The van der Waals surface area contributed by atoms with Gasteiger partial charge >= 0.3 is 6.18 Å². The molecular weight excluding hydrogens is 171 g/mol. The third-order valence-corrected chi connectivity index (χ3v) is 1.82. The molecule has 0 saturated carbocycles. The van der Waals surface area contributed by atoms with Crippen molar-refractivity contribution in [3.63, 3.8) is 0 Å². The Bertz CT molecular complexity index is 137. The van der Waals surface area contributed by atoms with Gasteiger partial charge in [-0.25, -0.2) is 0 Å². The van der Waals surface area contributed by atoms with Crippen molar-refractivity contribution in [2.24, 2.45) is 5.73 Å². The smallest absolute Gasteiger partial charge is 0.394 e. The Labute approximate surface area is 69.6 Å². The molecule has 0 amide bonds. The molecule has 0 radical (unpaired) electrons. The van der Waals surface area contributed by atoms with Crippen molar-refractivity contribution in [3.8, 4) is 0 Å². The van der Waals surface area contributed by atoms with Crippen LogP contribution in [-0.2, 0) is 0 Å². The summed E-state index contributed by atoms with van der Waals surface area (Å²) in [5.74, 6) is 0. The van der Waals surface area contributed by atoms with Crippen molar-refractivity contribution in [1.82, 2.24) is 0 Å². The molecule has 0 bridgehead atoms. The van der Waals surface area contributed by atoms with Crippen LogP contribution in [0.4, 0.5) is 13.2 Å². The Kier molecular flexibility index (Phi) is 3.99. The van der Waals surface area contributed by atoms with E-state index in [1.165, 1.54) is 0 Å². The highest BCUT2D eigenvalue weighted by atomic mass is 19.4. The molecule has 0 aliphatic carbocycles. The van der Waals surface area contributed by atoms with E-state index in [-0.39, 0.29) is 6.42 Å². The lowest BCUT2D eigenvalue weighted by molar-refractivity contribution is -0.197. The predicted molar refractivity (Wildman–Crippen MR) is 39.6 cm³/mol. The summed E-state index contributed by atoms with van der Waals surface area (Å²) < 4.78 is 36.4. The van der Waals surface area contributed by atoms with Crippen molar-refractivity contribution < 1.29 is 18.3 Å². The third-order valence-electron chi connectivity index (χ3n) is 1.82. The molecule has 0 spiro atoms. The molecule has 74 valence electrons. The maximum Gasteiger partial charge on any atom is 0.408 e. The van der Waals surface area contributed by atoms with Crippen LogP contribution in [0.25, 0.3) is 0 Å². The van der Waals surface area contributed by atoms with Crippen LogP contribution in [-0.4, -0.2) is 23.4 Å². The van der Waals surface area contributed by atoms with Gasteiger partial charge in [-0.2, -0.15) is 13.2 Å². The minimum absolute atomic E-state index is 0.219. The normalized spacial score (nSPS) is 17.5. The second kappa shape index (κ2) is 4.09. The summed E-state index contributed by atoms with van der Waals surface area (Å²) in [6.45, 7) is 0.727. The zero-order valence-corrected chi connectivity index (χ0v) is 6.99. The lowest BCUT2D eigenvalue weighted by Crippen LogP contribution is -2.56. The fourth-order valence-electron chi connectivity index (χ4n) is 0.803. The first-order chi connectivity index (χ1) is 5.37. The highest BCUT2D eigenvalue weighted by Gasteiger charge is 2.50. The Morgan fingerprint density at radius 1 is 1.33 bits per heavy atom. The fraction of sp³-hybridized carbons (Fsp3) is 1.00. The van der Waals surface area contributed by atoms with Crippen LogP contribution in [0.2, 0.25) is 0 Å². The molecule has 2 nitrogen and oxygen atoms in total. The zero-order valence-electron chi connectivity index (χ0n) is 6.99. The van der Waals surface area contributed by atoms with E-state index in [1.807, 2.05) is 0 Å². The van der Waals surface area contributed by atoms with Crippen LogP contribution in [0, 0.1) is 0 Å². The first kappa shape index (κ1) is 11.7. The van der Waals surface area contributed by atoms with Crippen LogP contribution in [0.5, 0.6) is 0 Å². The summed E-state index contributed by atoms with van der Waals surface area (Å²) in [4.78, 5) is 0. The average molecular weight is 185 g/mol. The maximum absolute atomic E-state index is 12.1. The largest absolute Gasteiger partial charge is 0.408 e. The third kappa shape index (κ3) is 2.64. The Balaban J connectivity index is 4.24. The summed E-state index contributed by atoms with van der Waals surface area (Å²) in [6.07, 6.45) is -3.73. The van der Waals surface area contributed by atoms with Gasteiger partial charge in [0.05, 0.1) is 6.61 Å². The van der Waals surface area contributed by atoms with Gasteiger partial charge in [0.2, 0.25) is 0 Å². The fourth-order valence-corrected chi connectivity index (χ4v) is 0.803.